The molecule has 0 atom stereocenters. The fourth-order valence-electron chi connectivity index (χ4n) is 0.861. The molecule has 2 nitrogen and oxygen atoms in total. The van der Waals surface area contributed by atoms with Crippen molar-refractivity contribution in [2.24, 2.45) is 5.73 Å². The van der Waals surface area contributed by atoms with Crippen LogP contribution in [0, 0.1) is 0 Å². The minimum atomic E-state index is -2.60. The van der Waals surface area contributed by atoms with Crippen molar-refractivity contribution in [3.05, 3.63) is 26.4 Å². The second-order valence-corrected chi connectivity index (χ2v) is 3.91. The van der Waals surface area contributed by atoms with Crippen LogP contribution >= 0.6 is 31.9 Å². The summed E-state index contributed by atoms with van der Waals surface area (Å²) >= 11 is 6.07. The molecule has 0 aliphatic rings. The topological polar surface area (TPSA) is 38.9 Å². The molecule has 0 spiro atoms. The van der Waals surface area contributed by atoms with E-state index in [1.54, 1.807) is 6.07 Å². The van der Waals surface area contributed by atoms with Crippen molar-refractivity contribution in [3.8, 4) is 0 Å². The van der Waals surface area contributed by atoms with E-state index < -0.39 is 6.43 Å². The average Bonchev–Trinajstić information content (AvgIpc) is 2.08. The van der Waals surface area contributed by atoms with Crippen LogP contribution in [0.1, 0.15) is 17.7 Å². The van der Waals surface area contributed by atoms with E-state index in [0.717, 1.165) is 0 Å². The molecule has 0 radical (unpaired) electrons. The van der Waals surface area contributed by atoms with Gasteiger partial charge in [-0.15, -0.1) is 0 Å². The highest BCUT2D eigenvalue weighted by molar-refractivity contribution is 9.11. The number of alkyl halides is 2. The molecule has 1 rings (SSSR count). The van der Waals surface area contributed by atoms with Crippen LogP contribution < -0.4 is 5.73 Å². The highest BCUT2D eigenvalue weighted by Crippen LogP contribution is 2.30. The lowest BCUT2D eigenvalue weighted by Crippen LogP contribution is -2.02. The van der Waals surface area contributed by atoms with E-state index in [1.165, 1.54) is 0 Å². The van der Waals surface area contributed by atoms with Crippen LogP contribution in [-0.4, -0.2) is 4.98 Å². The minimum absolute atomic E-state index is 0.196. The van der Waals surface area contributed by atoms with Gasteiger partial charge >= 0.3 is 0 Å². The van der Waals surface area contributed by atoms with Gasteiger partial charge in [0.15, 0.2) is 0 Å². The normalized spacial score (nSPS) is 10.9. The maximum Gasteiger partial charge on any atom is 0.281 e. The van der Waals surface area contributed by atoms with Gasteiger partial charge in [-0.1, -0.05) is 0 Å². The Morgan fingerprint density at radius 1 is 1.46 bits per heavy atom. The van der Waals surface area contributed by atoms with Gasteiger partial charge in [0.05, 0.1) is 0 Å². The Morgan fingerprint density at radius 3 is 2.54 bits per heavy atom. The zero-order valence-electron chi connectivity index (χ0n) is 6.40. The van der Waals surface area contributed by atoms with Crippen LogP contribution in [0.2, 0.25) is 0 Å². The number of nitrogens with zero attached hydrogens (tertiary/aromatic N) is 1. The van der Waals surface area contributed by atoms with Gasteiger partial charge in [-0.3, -0.25) is 0 Å². The van der Waals surface area contributed by atoms with Crippen molar-refractivity contribution in [2.75, 3.05) is 0 Å². The Hall–Kier alpha value is -0.0700. The molecule has 0 saturated heterocycles. The third-order valence-electron chi connectivity index (χ3n) is 1.45. The predicted molar refractivity (Wildman–Crippen MR) is 52.5 cm³/mol. The number of rotatable bonds is 2. The first-order chi connectivity index (χ1) is 6.06. The standard InChI is InChI=1S/C7H6Br2F2N2/c8-4-1-3(2-12)5(9)6(13-4)7(10)11/h1,7H,2,12H2. The molecular formula is C7H6Br2F2N2. The maximum absolute atomic E-state index is 12.4. The molecule has 6 heteroatoms. The molecule has 13 heavy (non-hydrogen) atoms. The SMILES string of the molecule is NCc1cc(Br)nc(C(F)F)c1Br. The quantitative estimate of drug-likeness (QED) is 0.852. The molecule has 1 aromatic rings. The van der Waals surface area contributed by atoms with Gasteiger partial charge in [0.2, 0.25) is 0 Å². The summed E-state index contributed by atoms with van der Waals surface area (Å²) in [5.41, 5.74) is 5.69. The lowest BCUT2D eigenvalue weighted by atomic mass is 10.2. The van der Waals surface area contributed by atoms with Crippen LogP contribution in [-0.2, 0) is 6.54 Å². The fraction of sp³-hybridized carbons (Fsp3) is 0.286. The Morgan fingerprint density at radius 2 is 2.08 bits per heavy atom. The van der Waals surface area contributed by atoms with E-state index in [0.29, 0.717) is 10.2 Å². The summed E-state index contributed by atoms with van der Waals surface area (Å²) in [4.78, 5) is 3.65. The Bertz CT molecular complexity index is 318. The number of aromatic nitrogens is 1. The molecule has 0 fully saturated rings. The average molecular weight is 316 g/mol. The van der Waals surface area contributed by atoms with Crippen LogP contribution in [0.3, 0.4) is 0 Å². The smallest absolute Gasteiger partial charge is 0.281 e. The van der Waals surface area contributed by atoms with Crippen molar-refractivity contribution in [2.45, 2.75) is 13.0 Å². The molecule has 0 aromatic carbocycles. The van der Waals surface area contributed by atoms with Gasteiger partial charge < -0.3 is 5.73 Å². The van der Waals surface area contributed by atoms with Crippen molar-refractivity contribution in [1.82, 2.24) is 4.98 Å². The van der Waals surface area contributed by atoms with E-state index in [2.05, 4.69) is 36.8 Å². The van der Waals surface area contributed by atoms with Crippen molar-refractivity contribution in [1.29, 1.82) is 0 Å². The molecule has 1 heterocycles. The predicted octanol–water partition coefficient (Wildman–Crippen LogP) is 3.00. The molecule has 0 bridgehead atoms. The molecule has 72 valence electrons. The Kier molecular flexibility index (Phi) is 3.75. The van der Waals surface area contributed by atoms with E-state index >= 15 is 0 Å². The van der Waals surface area contributed by atoms with Crippen molar-refractivity contribution < 1.29 is 8.78 Å². The van der Waals surface area contributed by atoms with Gasteiger partial charge in [0.1, 0.15) is 10.3 Å². The summed E-state index contributed by atoms with van der Waals surface area (Å²) in [6.45, 7) is 0.196. The zero-order valence-corrected chi connectivity index (χ0v) is 9.57. The second kappa shape index (κ2) is 4.43. The molecular weight excluding hydrogens is 310 g/mol. The zero-order chi connectivity index (χ0) is 10.0. The molecule has 0 amide bonds. The summed E-state index contributed by atoms with van der Waals surface area (Å²) in [6.07, 6.45) is -2.60. The third-order valence-corrected chi connectivity index (χ3v) is 2.78. The Balaban J connectivity index is 3.27. The highest BCUT2D eigenvalue weighted by Gasteiger charge is 2.16. The molecule has 0 saturated carbocycles. The lowest BCUT2D eigenvalue weighted by molar-refractivity contribution is 0.145. The van der Waals surface area contributed by atoms with Crippen molar-refractivity contribution >= 4 is 31.9 Å². The number of nitrogens with two attached hydrogens (primary N) is 1. The number of halogens is 4. The van der Waals surface area contributed by atoms with Crippen LogP contribution in [0.4, 0.5) is 8.78 Å². The van der Waals surface area contributed by atoms with Crippen LogP contribution in [0.25, 0.3) is 0 Å². The van der Waals surface area contributed by atoms with Crippen LogP contribution in [0.15, 0.2) is 15.1 Å². The van der Waals surface area contributed by atoms with Gasteiger partial charge in [-0.2, -0.15) is 0 Å². The molecule has 0 aliphatic carbocycles. The van der Waals surface area contributed by atoms with E-state index in [-0.39, 0.29) is 16.7 Å². The van der Waals surface area contributed by atoms with Gasteiger partial charge in [0, 0.05) is 11.0 Å². The highest BCUT2D eigenvalue weighted by atomic mass is 79.9. The first-order valence-corrected chi connectivity index (χ1v) is 4.98. The second-order valence-electron chi connectivity index (χ2n) is 2.31. The monoisotopic (exact) mass is 314 g/mol. The van der Waals surface area contributed by atoms with Gasteiger partial charge in [-0.25, -0.2) is 13.8 Å². The largest absolute Gasteiger partial charge is 0.326 e. The number of hydrogen-bond acceptors (Lipinski definition) is 2. The fourth-order valence-corrected chi connectivity index (χ4v) is 1.87. The maximum atomic E-state index is 12.4. The van der Waals surface area contributed by atoms with E-state index in [4.69, 9.17) is 5.73 Å². The molecule has 1 aromatic heterocycles. The molecule has 0 aliphatic heterocycles. The lowest BCUT2D eigenvalue weighted by Gasteiger charge is -2.07. The van der Waals surface area contributed by atoms with E-state index in [9.17, 15) is 8.78 Å². The summed E-state index contributed by atoms with van der Waals surface area (Å²) in [5, 5.41) is 0. The summed E-state index contributed by atoms with van der Waals surface area (Å²) in [7, 11) is 0. The summed E-state index contributed by atoms with van der Waals surface area (Å²) in [6, 6.07) is 1.61. The molecule has 0 unspecified atom stereocenters. The van der Waals surface area contributed by atoms with Crippen LogP contribution in [0.5, 0.6) is 0 Å². The minimum Gasteiger partial charge on any atom is -0.326 e. The number of hydrogen-bond donors (Lipinski definition) is 1. The summed E-state index contributed by atoms with van der Waals surface area (Å²) in [5.74, 6) is 0. The summed E-state index contributed by atoms with van der Waals surface area (Å²) < 4.78 is 25.4. The Labute approximate surface area is 90.8 Å². The van der Waals surface area contributed by atoms with E-state index in [1.807, 2.05) is 0 Å². The molecule has 2 N–H and O–H groups in total. The number of pyridine rings is 1. The van der Waals surface area contributed by atoms with Crippen molar-refractivity contribution in [3.63, 3.8) is 0 Å². The first-order valence-electron chi connectivity index (χ1n) is 3.39. The van der Waals surface area contributed by atoms with Gasteiger partial charge in [0.25, 0.3) is 6.43 Å². The van der Waals surface area contributed by atoms with Gasteiger partial charge in [-0.05, 0) is 43.5 Å². The first kappa shape index (κ1) is 11.0. The third kappa shape index (κ3) is 2.45.